The first-order chi connectivity index (χ1) is 13.0. The monoisotopic (exact) mass is 389 g/mol. The van der Waals surface area contributed by atoms with Crippen LogP contribution in [0, 0.1) is 5.92 Å². The summed E-state index contributed by atoms with van der Waals surface area (Å²) in [4.78, 5) is 19.4. The van der Waals surface area contributed by atoms with Gasteiger partial charge < -0.3 is 20.1 Å². The highest BCUT2D eigenvalue weighted by molar-refractivity contribution is 7.13. The fraction of sp³-hybridized carbons (Fsp3) is 0.500. The van der Waals surface area contributed by atoms with Gasteiger partial charge in [0.15, 0.2) is 11.5 Å². The minimum Gasteiger partial charge on any atom is -0.493 e. The Labute approximate surface area is 164 Å². The number of likely N-dealkylation sites (tertiary alicyclic amines) is 1. The number of nitrogens with zero attached hydrogens (tertiary/aromatic N) is 2. The van der Waals surface area contributed by atoms with Crippen LogP contribution in [0.5, 0.6) is 11.5 Å². The van der Waals surface area contributed by atoms with Gasteiger partial charge >= 0.3 is 0 Å². The Kier molecular flexibility index (Phi) is 6.34. The van der Waals surface area contributed by atoms with E-state index in [1.807, 2.05) is 28.5 Å². The lowest BCUT2D eigenvalue weighted by Crippen LogP contribution is -2.49. The number of aromatic nitrogens is 1. The van der Waals surface area contributed by atoms with E-state index in [2.05, 4.69) is 11.9 Å². The molecule has 1 aliphatic rings. The Balaban J connectivity index is 1.71. The Morgan fingerprint density at radius 3 is 2.81 bits per heavy atom. The van der Waals surface area contributed by atoms with Crippen molar-refractivity contribution in [2.75, 3.05) is 27.3 Å². The van der Waals surface area contributed by atoms with Crippen molar-refractivity contribution in [3.05, 3.63) is 29.3 Å². The van der Waals surface area contributed by atoms with Crippen LogP contribution in [0.4, 0.5) is 0 Å². The third-order valence-electron chi connectivity index (χ3n) is 5.09. The van der Waals surface area contributed by atoms with Crippen molar-refractivity contribution >= 4 is 17.2 Å². The fourth-order valence-electron chi connectivity index (χ4n) is 3.55. The van der Waals surface area contributed by atoms with Crippen LogP contribution >= 0.6 is 11.3 Å². The molecule has 1 amide bonds. The molecule has 6 nitrogen and oxygen atoms in total. The summed E-state index contributed by atoms with van der Waals surface area (Å²) >= 11 is 1.53. The highest BCUT2D eigenvalue weighted by atomic mass is 32.1. The lowest BCUT2D eigenvalue weighted by Gasteiger charge is -2.38. The van der Waals surface area contributed by atoms with Gasteiger partial charge in [0, 0.05) is 30.1 Å². The van der Waals surface area contributed by atoms with Crippen molar-refractivity contribution in [2.24, 2.45) is 11.7 Å². The van der Waals surface area contributed by atoms with Gasteiger partial charge in [-0.05, 0) is 37.0 Å². The highest BCUT2D eigenvalue weighted by Crippen LogP contribution is 2.33. The summed E-state index contributed by atoms with van der Waals surface area (Å²) < 4.78 is 10.6. The zero-order valence-corrected chi connectivity index (χ0v) is 16.9. The maximum absolute atomic E-state index is 12.8. The second-order valence-electron chi connectivity index (χ2n) is 7.00. The molecule has 7 heteroatoms. The normalized spacial score (nSPS) is 19.8. The zero-order chi connectivity index (χ0) is 19.4. The predicted molar refractivity (Wildman–Crippen MR) is 107 cm³/mol. The zero-order valence-electron chi connectivity index (χ0n) is 16.1. The van der Waals surface area contributed by atoms with Crippen LogP contribution in [0.15, 0.2) is 23.6 Å². The standard InChI is InChI=1S/C20H27N3O3S/c1-13-6-7-23(16(8-13)11-21)19(24)10-15-12-27-20(22-15)14-4-5-17(25-2)18(9-14)26-3/h4-5,9,12-13,16H,6-8,10-11,21H2,1-3H3. The number of benzene rings is 1. The number of piperidine rings is 1. The lowest BCUT2D eigenvalue weighted by molar-refractivity contribution is -0.134. The smallest absolute Gasteiger partial charge is 0.228 e. The third-order valence-corrected chi connectivity index (χ3v) is 6.03. The van der Waals surface area contributed by atoms with Crippen LogP contribution < -0.4 is 15.2 Å². The van der Waals surface area contributed by atoms with E-state index in [0.717, 1.165) is 35.7 Å². The van der Waals surface area contributed by atoms with Crippen molar-refractivity contribution in [3.63, 3.8) is 0 Å². The summed E-state index contributed by atoms with van der Waals surface area (Å²) in [6.45, 7) is 3.53. The molecule has 1 aromatic heterocycles. The van der Waals surface area contributed by atoms with Gasteiger partial charge in [0.05, 0.1) is 26.3 Å². The van der Waals surface area contributed by atoms with Gasteiger partial charge in [0.1, 0.15) is 5.01 Å². The quantitative estimate of drug-likeness (QED) is 0.822. The molecule has 0 radical (unpaired) electrons. The highest BCUT2D eigenvalue weighted by Gasteiger charge is 2.29. The first-order valence-corrected chi connectivity index (χ1v) is 10.1. The molecule has 0 aliphatic carbocycles. The predicted octanol–water partition coefficient (Wildman–Crippen LogP) is 2.96. The van der Waals surface area contributed by atoms with Gasteiger partial charge in [-0.2, -0.15) is 0 Å². The number of nitrogens with two attached hydrogens (primary N) is 1. The van der Waals surface area contributed by atoms with Crippen molar-refractivity contribution < 1.29 is 14.3 Å². The molecular weight excluding hydrogens is 362 g/mol. The SMILES string of the molecule is COc1ccc(-c2nc(CC(=O)N3CCC(C)CC3CN)cs2)cc1OC. The van der Waals surface area contributed by atoms with E-state index in [0.29, 0.717) is 30.4 Å². The number of methoxy groups -OCH3 is 2. The van der Waals surface area contributed by atoms with E-state index in [9.17, 15) is 4.79 Å². The molecule has 1 saturated heterocycles. The molecule has 146 valence electrons. The lowest BCUT2D eigenvalue weighted by atomic mass is 9.92. The molecule has 1 aromatic carbocycles. The van der Waals surface area contributed by atoms with E-state index >= 15 is 0 Å². The number of ether oxygens (including phenoxy) is 2. The van der Waals surface area contributed by atoms with Gasteiger partial charge in [0.25, 0.3) is 0 Å². The van der Waals surface area contributed by atoms with Gasteiger partial charge in [0.2, 0.25) is 5.91 Å². The Bertz CT molecular complexity index is 793. The van der Waals surface area contributed by atoms with Crippen LogP contribution in [0.1, 0.15) is 25.5 Å². The number of hydrogen-bond acceptors (Lipinski definition) is 6. The molecule has 2 heterocycles. The number of carbonyl (C=O) groups excluding carboxylic acids is 1. The van der Waals surface area contributed by atoms with Gasteiger partial charge in [-0.25, -0.2) is 4.98 Å². The van der Waals surface area contributed by atoms with Gasteiger partial charge in [-0.1, -0.05) is 6.92 Å². The van der Waals surface area contributed by atoms with E-state index in [1.165, 1.54) is 11.3 Å². The second kappa shape index (κ2) is 8.71. The van der Waals surface area contributed by atoms with Crippen LogP contribution in [-0.2, 0) is 11.2 Å². The molecule has 2 atom stereocenters. The number of hydrogen-bond donors (Lipinski definition) is 1. The summed E-state index contributed by atoms with van der Waals surface area (Å²) in [5.74, 6) is 2.08. The maximum atomic E-state index is 12.8. The first kappa shape index (κ1) is 19.6. The summed E-state index contributed by atoms with van der Waals surface area (Å²) in [6.07, 6.45) is 2.33. The summed E-state index contributed by atoms with van der Waals surface area (Å²) in [7, 11) is 3.22. The van der Waals surface area contributed by atoms with Crippen LogP contribution in [0.25, 0.3) is 10.6 Å². The molecule has 27 heavy (non-hydrogen) atoms. The van der Waals surface area contributed by atoms with Gasteiger partial charge in [-0.15, -0.1) is 11.3 Å². The Morgan fingerprint density at radius 2 is 2.11 bits per heavy atom. The summed E-state index contributed by atoms with van der Waals surface area (Å²) in [5.41, 5.74) is 7.63. The minimum atomic E-state index is 0.113. The molecule has 0 spiro atoms. The molecular formula is C20H27N3O3S. The number of thiazole rings is 1. The van der Waals surface area contributed by atoms with Crippen molar-refractivity contribution in [1.29, 1.82) is 0 Å². The number of carbonyl (C=O) groups is 1. The molecule has 2 N–H and O–H groups in total. The number of rotatable bonds is 6. The largest absolute Gasteiger partial charge is 0.493 e. The summed E-state index contributed by atoms with van der Waals surface area (Å²) in [5, 5.41) is 2.81. The number of amides is 1. The topological polar surface area (TPSA) is 77.7 Å². The molecule has 2 aromatic rings. The fourth-order valence-corrected chi connectivity index (χ4v) is 4.37. The van der Waals surface area contributed by atoms with Crippen molar-refractivity contribution in [3.8, 4) is 22.1 Å². The second-order valence-corrected chi connectivity index (χ2v) is 7.85. The van der Waals surface area contributed by atoms with Crippen LogP contribution in [0.3, 0.4) is 0 Å². The van der Waals surface area contributed by atoms with Crippen LogP contribution in [0.2, 0.25) is 0 Å². The van der Waals surface area contributed by atoms with E-state index in [-0.39, 0.29) is 11.9 Å². The molecule has 1 aliphatic heterocycles. The minimum absolute atomic E-state index is 0.113. The third kappa shape index (κ3) is 4.42. The maximum Gasteiger partial charge on any atom is 0.228 e. The van der Waals surface area contributed by atoms with E-state index < -0.39 is 0 Å². The molecule has 2 unspecified atom stereocenters. The van der Waals surface area contributed by atoms with Gasteiger partial charge in [-0.3, -0.25) is 4.79 Å². The Morgan fingerprint density at radius 1 is 1.33 bits per heavy atom. The Hall–Kier alpha value is -2.12. The van der Waals surface area contributed by atoms with Crippen molar-refractivity contribution in [1.82, 2.24) is 9.88 Å². The molecule has 0 bridgehead atoms. The van der Waals surface area contributed by atoms with E-state index in [1.54, 1.807) is 14.2 Å². The van der Waals surface area contributed by atoms with E-state index in [4.69, 9.17) is 15.2 Å². The molecule has 3 rings (SSSR count). The average Bonchev–Trinajstić information content (AvgIpc) is 3.15. The first-order valence-electron chi connectivity index (χ1n) is 9.22. The summed E-state index contributed by atoms with van der Waals surface area (Å²) in [6, 6.07) is 5.86. The molecule has 0 saturated carbocycles. The van der Waals surface area contributed by atoms with Crippen molar-refractivity contribution in [2.45, 2.75) is 32.2 Å². The molecule has 1 fully saturated rings. The average molecular weight is 390 g/mol. The van der Waals surface area contributed by atoms with Crippen LogP contribution in [-0.4, -0.2) is 49.1 Å².